The minimum Gasteiger partial charge on any atom is -0.497 e. The summed E-state index contributed by atoms with van der Waals surface area (Å²) in [7, 11) is 1.61. The fraction of sp³-hybridized carbons (Fsp3) is 0.462. The molecule has 92 valence electrons. The van der Waals surface area contributed by atoms with Gasteiger partial charge in [0.05, 0.1) is 7.11 Å². The SMILES string of the molecule is COc1cccc(CC(NC2CC2)C(=O)O)c1. The van der Waals surface area contributed by atoms with Gasteiger partial charge in [0.15, 0.2) is 0 Å². The van der Waals surface area contributed by atoms with Gasteiger partial charge in [-0.2, -0.15) is 0 Å². The van der Waals surface area contributed by atoms with Crippen molar-refractivity contribution in [1.82, 2.24) is 5.32 Å². The van der Waals surface area contributed by atoms with E-state index in [0.29, 0.717) is 12.5 Å². The zero-order chi connectivity index (χ0) is 12.3. The van der Waals surface area contributed by atoms with Crippen molar-refractivity contribution < 1.29 is 14.6 Å². The number of methoxy groups -OCH3 is 1. The Balaban J connectivity index is 2.02. The van der Waals surface area contributed by atoms with E-state index in [0.717, 1.165) is 24.2 Å². The third-order valence-electron chi connectivity index (χ3n) is 2.89. The molecule has 0 aliphatic heterocycles. The second-order valence-corrected chi connectivity index (χ2v) is 4.39. The Morgan fingerprint density at radius 2 is 2.35 bits per heavy atom. The van der Waals surface area contributed by atoms with Crippen LogP contribution >= 0.6 is 0 Å². The van der Waals surface area contributed by atoms with Crippen molar-refractivity contribution >= 4 is 5.97 Å². The van der Waals surface area contributed by atoms with Crippen molar-refractivity contribution in [2.75, 3.05) is 7.11 Å². The lowest BCUT2D eigenvalue weighted by atomic mass is 10.1. The number of carbonyl (C=O) groups is 1. The lowest BCUT2D eigenvalue weighted by Gasteiger charge is -2.14. The largest absolute Gasteiger partial charge is 0.497 e. The third-order valence-corrected chi connectivity index (χ3v) is 2.89. The maximum absolute atomic E-state index is 11.1. The van der Waals surface area contributed by atoms with Gasteiger partial charge in [0.2, 0.25) is 0 Å². The van der Waals surface area contributed by atoms with Gasteiger partial charge in [-0.1, -0.05) is 12.1 Å². The fourth-order valence-electron chi connectivity index (χ4n) is 1.79. The monoisotopic (exact) mass is 235 g/mol. The molecular weight excluding hydrogens is 218 g/mol. The van der Waals surface area contributed by atoms with Crippen molar-refractivity contribution in [3.05, 3.63) is 29.8 Å². The molecule has 1 unspecified atom stereocenters. The minimum atomic E-state index is -0.792. The number of rotatable bonds is 6. The molecule has 1 atom stereocenters. The molecule has 0 amide bonds. The highest BCUT2D eigenvalue weighted by atomic mass is 16.5. The fourth-order valence-corrected chi connectivity index (χ4v) is 1.79. The summed E-state index contributed by atoms with van der Waals surface area (Å²) >= 11 is 0. The van der Waals surface area contributed by atoms with Crippen molar-refractivity contribution in [3.8, 4) is 5.75 Å². The molecule has 0 aromatic heterocycles. The van der Waals surface area contributed by atoms with Crippen molar-refractivity contribution in [1.29, 1.82) is 0 Å². The first-order chi connectivity index (χ1) is 8.19. The predicted molar refractivity (Wildman–Crippen MR) is 64.3 cm³/mol. The van der Waals surface area contributed by atoms with Crippen LogP contribution in [0.25, 0.3) is 0 Å². The van der Waals surface area contributed by atoms with Crippen LogP contribution in [0.15, 0.2) is 24.3 Å². The summed E-state index contributed by atoms with van der Waals surface area (Å²) in [5.41, 5.74) is 0.977. The molecule has 1 aliphatic carbocycles. The van der Waals surface area contributed by atoms with E-state index in [4.69, 9.17) is 9.84 Å². The molecule has 1 aromatic carbocycles. The molecular formula is C13H17NO3. The third kappa shape index (κ3) is 3.46. The maximum atomic E-state index is 11.1. The molecule has 4 heteroatoms. The van der Waals surface area contributed by atoms with Crippen LogP contribution in [-0.4, -0.2) is 30.3 Å². The topological polar surface area (TPSA) is 58.6 Å². The van der Waals surface area contributed by atoms with Crippen LogP contribution in [0, 0.1) is 0 Å². The average Bonchev–Trinajstić information content (AvgIpc) is 3.12. The maximum Gasteiger partial charge on any atom is 0.321 e. The van der Waals surface area contributed by atoms with Crippen LogP contribution in [0.2, 0.25) is 0 Å². The molecule has 4 nitrogen and oxygen atoms in total. The summed E-state index contributed by atoms with van der Waals surface area (Å²) in [6, 6.07) is 7.42. The Morgan fingerprint density at radius 1 is 1.59 bits per heavy atom. The lowest BCUT2D eigenvalue weighted by molar-refractivity contribution is -0.139. The quantitative estimate of drug-likeness (QED) is 0.783. The van der Waals surface area contributed by atoms with E-state index in [9.17, 15) is 4.79 Å². The minimum absolute atomic E-state index is 0.390. The molecule has 2 N–H and O–H groups in total. The number of carboxylic acids is 1. The molecule has 17 heavy (non-hydrogen) atoms. The van der Waals surface area contributed by atoms with Gasteiger partial charge in [0, 0.05) is 6.04 Å². The highest BCUT2D eigenvalue weighted by molar-refractivity contribution is 5.74. The summed E-state index contributed by atoms with van der Waals surface area (Å²) in [4.78, 5) is 11.1. The standard InChI is InChI=1S/C13H17NO3/c1-17-11-4-2-3-9(7-11)8-12(13(15)16)14-10-5-6-10/h2-4,7,10,12,14H,5-6,8H2,1H3,(H,15,16). The Kier molecular flexibility index (Phi) is 3.64. The first kappa shape index (κ1) is 11.9. The van der Waals surface area contributed by atoms with E-state index < -0.39 is 12.0 Å². The van der Waals surface area contributed by atoms with Gasteiger partial charge in [0.25, 0.3) is 0 Å². The lowest BCUT2D eigenvalue weighted by Crippen LogP contribution is -2.39. The van der Waals surface area contributed by atoms with Gasteiger partial charge in [0.1, 0.15) is 11.8 Å². The van der Waals surface area contributed by atoms with Gasteiger partial charge in [-0.3, -0.25) is 4.79 Å². The summed E-state index contributed by atoms with van der Waals surface area (Å²) in [6.45, 7) is 0. The zero-order valence-electron chi connectivity index (χ0n) is 9.85. The van der Waals surface area contributed by atoms with E-state index >= 15 is 0 Å². The molecule has 0 heterocycles. The Labute approximate surface area is 101 Å². The van der Waals surface area contributed by atoms with Gasteiger partial charge >= 0.3 is 5.97 Å². The van der Waals surface area contributed by atoms with Gasteiger partial charge < -0.3 is 15.2 Å². The van der Waals surface area contributed by atoms with E-state index in [2.05, 4.69) is 5.32 Å². The van der Waals surface area contributed by atoms with Crippen LogP contribution in [0.3, 0.4) is 0 Å². The van der Waals surface area contributed by atoms with E-state index in [1.54, 1.807) is 7.11 Å². The summed E-state index contributed by atoms with van der Waals surface area (Å²) in [5.74, 6) is -0.0298. The van der Waals surface area contributed by atoms with E-state index in [1.807, 2.05) is 24.3 Å². The number of ether oxygens (including phenoxy) is 1. The summed E-state index contributed by atoms with van der Waals surface area (Å²) in [5, 5.41) is 12.3. The van der Waals surface area contributed by atoms with Crippen LogP contribution in [0.4, 0.5) is 0 Å². The van der Waals surface area contributed by atoms with Gasteiger partial charge in [-0.15, -0.1) is 0 Å². The van der Waals surface area contributed by atoms with E-state index in [1.165, 1.54) is 0 Å². The molecule has 0 saturated heterocycles. The van der Waals surface area contributed by atoms with Crippen molar-refractivity contribution in [3.63, 3.8) is 0 Å². The number of nitrogens with one attached hydrogen (secondary N) is 1. The number of hydrogen-bond donors (Lipinski definition) is 2. The molecule has 0 radical (unpaired) electrons. The first-order valence-corrected chi connectivity index (χ1v) is 5.81. The Hall–Kier alpha value is -1.55. The second kappa shape index (κ2) is 5.19. The smallest absolute Gasteiger partial charge is 0.321 e. The first-order valence-electron chi connectivity index (χ1n) is 5.81. The van der Waals surface area contributed by atoms with Crippen LogP contribution < -0.4 is 10.1 Å². The zero-order valence-corrected chi connectivity index (χ0v) is 9.85. The highest BCUT2D eigenvalue weighted by Crippen LogP contribution is 2.21. The van der Waals surface area contributed by atoms with Gasteiger partial charge in [-0.25, -0.2) is 0 Å². The molecule has 0 spiro atoms. The number of aliphatic carboxylic acids is 1. The second-order valence-electron chi connectivity index (χ2n) is 4.39. The Bertz CT molecular complexity index is 401. The molecule has 1 saturated carbocycles. The molecule has 1 fully saturated rings. The predicted octanol–water partition coefficient (Wildman–Crippen LogP) is 1.44. The number of carboxylic acid groups (broad SMARTS) is 1. The van der Waals surface area contributed by atoms with Gasteiger partial charge in [-0.05, 0) is 37.0 Å². The van der Waals surface area contributed by atoms with Crippen molar-refractivity contribution in [2.24, 2.45) is 0 Å². The normalized spacial score (nSPS) is 16.5. The van der Waals surface area contributed by atoms with E-state index in [-0.39, 0.29) is 0 Å². The number of hydrogen-bond acceptors (Lipinski definition) is 3. The molecule has 2 rings (SSSR count). The average molecular weight is 235 g/mol. The van der Waals surface area contributed by atoms with Crippen LogP contribution in [0.5, 0.6) is 5.75 Å². The molecule has 1 aromatic rings. The number of benzene rings is 1. The van der Waals surface area contributed by atoms with Crippen LogP contribution in [0.1, 0.15) is 18.4 Å². The Morgan fingerprint density at radius 3 is 2.94 bits per heavy atom. The summed E-state index contributed by atoms with van der Waals surface area (Å²) in [6.07, 6.45) is 2.66. The molecule has 1 aliphatic rings. The van der Waals surface area contributed by atoms with Crippen LogP contribution in [-0.2, 0) is 11.2 Å². The highest BCUT2D eigenvalue weighted by Gasteiger charge is 2.28. The molecule has 0 bridgehead atoms. The summed E-state index contributed by atoms with van der Waals surface area (Å²) < 4.78 is 5.12. The van der Waals surface area contributed by atoms with Crippen molar-refractivity contribution in [2.45, 2.75) is 31.3 Å².